The molecule has 3 rings (SSSR count). The summed E-state index contributed by atoms with van der Waals surface area (Å²) in [6.45, 7) is 5.02. The molecule has 3 aliphatic rings. The highest BCUT2D eigenvalue weighted by Crippen LogP contribution is 2.30. The van der Waals surface area contributed by atoms with Crippen molar-refractivity contribution in [2.45, 2.75) is 64.1 Å². The number of piperazine rings is 1. The van der Waals surface area contributed by atoms with Crippen LogP contribution in [0.3, 0.4) is 0 Å². The summed E-state index contributed by atoms with van der Waals surface area (Å²) in [5.41, 5.74) is 0. The van der Waals surface area contributed by atoms with Gasteiger partial charge in [-0.1, -0.05) is 19.3 Å². The number of carbonyl (C=O) groups is 3. The second kappa shape index (κ2) is 6.37. The van der Waals surface area contributed by atoms with Gasteiger partial charge in [-0.15, -0.1) is 0 Å². The highest BCUT2D eigenvalue weighted by Gasteiger charge is 2.50. The first-order valence-corrected chi connectivity index (χ1v) is 8.68. The third kappa shape index (κ3) is 3.01. The minimum absolute atomic E-state index is 0.0484. The van der Waals surface area contributed by atoms with Crippen LogP contribution < -0.4 is 5.32 Å². The van der Waals surface area contributed by atoms with Gasteiger partial charge in [-0.05, 0) is 26.7 Å². The van der Waals surface area contributed by atoms with E-state index in [1.807, 2.05) is 13.8 Å². The molecule has 1 saturated carbocycles. The first-order valence-electron chi connectivity index (χ1n) is 8.68. The third-order valence-electron chi connectivity index (χ3n) is 4.99. The molecule has 3 fully saturated rings. The summed E-state index contributed by atoms with van der Waals surface area (Å²) >= 11 is 0. The van der Waals surface area contributed by atoms with Gasteiger partial charge < -0.3 is 15.1 Å². The average Bonchev–Trinajstić information content (AvgIpc) is 2.78. The first-order chi connectivity index (χ1) is 11.0. The van der Waals surface area contributed by atoms with Crippen LogP contribution in [0.25, 0.3) is 0 Å². The summed E-state index contributed by atoms with van der Waals surface area (Å²) in [6, 6.07) is -0.713. The second-order valence-corrected chi connectivity index (χ2v) is 7.04. The molecule has 0 radical (unpaired) electrons. The molecule has 1 aliphatic carbocycles. The van der Waals surface area contributed by atoms with Gasteiger partial charge in [0.1, 0.15) is 6.04 Å². The lowest BCUT2D eigenvalue weighted by Gasteiger charge is -2.35. The van der Waals surface area contributed by atoms with Crippen LogP contribution in [0, 0.1) is 0 Å². The van der Waals surface area contributed by atoms with E-state index in [0.29, 0.717) is 19.6 Å². The van der Waals surface area contributed by atoms with Crippen molar-refractivity contribution in [1.29, 1.82) is 0 Å². The number of hydrogen-bond acceptors (Lipinski definition) is 3. The fourth-order valence-corrected chi connectivity index (χ4v) is 3.81. The zero-order valence-electron chi connectivity index (χ0n) is 14.0. The Morgan fingerprint density at radius 1 is 1.13 bits per heavy atom. The molecule has 5 amide bonds. The van der Waals surface area contributed by atoms with Gasteiger partial charge >= 0.3 is 12.1 Å². The Morgan fingerprint density at radius 2 is 1.83 bits per heavy atom. The smallest absolute Gasteiger partial charge is 0.327 e. The lowest BCUT2D eigenvalue weighted by molar-refractivity contribution is -0.131. The maximum absolute atomic E-state index is 12.7. The summed E-state index contributed by atoms with van der Waals surface area (Å²) in [4.78, 5) is 42.3. The van der Waals surface area contributed by atoms with E-state index >= 15 is 0 Å². The van der Waals surface area contributed by atoms with Gasteiger partial charge in [-0.25, -0.2) is 9.59 Å². The Kier molecular flexibility index (Phi) is 4.46. The van der Waals surface area contributed by atoms with E-state index in [-0.39, 0.29) is 30.1 Å². The molecule has 7 nitrogen and oxygen atoms in total. The maximum Gasteiger partial charge on any atom is 0.327 e. The molecular formula is C16H26N4O3. The largest absolute Gasteiger partial charge is 0.336 e. The van der Waals surface area contributed by atoms with Crippen molar-refractivity contribution in [3.05, 3.63) is 0 Å². The van der Waals surface area contributed by atoms with E-state index in [1.54, 1.807) is 9.80 Å². The molecular weight excluding hydrogens is 296 g/mol. The standard InChI is InChI=1S/C16H26N4O3/c1-11(2)17-15(22)18-8-9-19-13(10-18)14(21)20(16(19)23)12-6-4-3-5-7-12/h11-13H,3-10H2,1-2H3,(H,17,22)/t13-/m1/s1. The number of amides is 5. The topological polar surface area (TPSA) is 73.0 Å². The monoisotopic (exact) mass is 322 g/mol. The summed E-state index contributed by atoms with van der Waals surface area (Å²) in [5, 5.41) is 2.85. The van der Waals surface area contributed by atoms with E-state index < -0.39 is 6.04 Å². The van der Waals surface area contributed by atoms with Crippen molar-refractivity contribution < 1.29 is 14.4 Å². The van der Waals surface area contributed by atoms with Crippen molar-refractivity contribution in [1.82, 2.24) is 20.0 Å². The Balaban J connectivity index is 1.69. The first kappa shape index (κ1) is 16.1. The van der Waals surface area contributed by atoms with Gasteiger partial charge in [-0.2, -0.15) is 0 Å². The van der Waals surface area contributed by atoms with E-state index in [2.05, 4.69) is 5.32 Å². The van der Waals surface area contributed by atoms with Crippen LogP contribution in [0.2, 0.25) is 0 Å². The molecule has 128 valence electrons. The zero-order chi connectivity index (χ0) is 16.6. The number of urea groups is 2. The van der Waals surface area contributed by atoms with Gasteiger partial charge in [0.05, 0.1) is 6.54 Å². The fourth-order valence-electron chi connectivity index (χ4n) is 3.81. The van der Waals surface area contributed by atoms with Crippen molar-refractivity contribution in [3.8, 4) is 0 Å². The average molecular weight is 322 g/mol. The normalized spacial score (nSPS) is 26.0. The van der Waals surface area contributed by atoms with E-state index in [4.69, 9.17) is 0 Å². The third-order valence-corrected chi connectivity index (χ3v) is 4.99. The minimum Gasteiger partial charge on any atom is -0.336 e. The minimum atomic E-state index is -0.504. The summed E-state index contributed by atoms with van der Waals surface area (Å²) in [5.74, 6) is -0.121. The van der Waals surface area contributed by atoms with Gasteiger partial charge in [0.2, 0.25) is 0 Å². The van der Waals surface area contributed by atoms with Crippen LogP contribution in [0.15, 0.2) is 0 Å². The molecule has 7 heteroatoms. The molecule has 0 unspecified atom stereocenters. The Labute approximate surface area is 137 Å². The quantitative estimate of drug-likeness (QED) is 0.781. The number of imide groups is 1. The highest BCUT2D eigenvalue weighted by atomic mass is 16.2. The molecule has 0 aromatic heterocycles. The van der Waals surface area contributed by atoms with Crippen LogP contribution in [0.1, 0.15) is 46.0 Å². The molecule has 0 bridgehead atoms. The van der Waals surface area contributed by atoms with Crippen LogP contribution in [0.4, 0.5) is 9.59 Å². The Morgan fingerprint density at radius 3 is 2.48 bits per heavy atom. The second-order valence-electron chi connectivity index (χ2n) is 7.04. The number of fused-ring (bicyclic) bond motifs is 1. The molecule has 0 spiro atoms. The molecule has 1 atom stereocenters. The van der Waals surface area contributed by atoms with Crippen LogP contribution in [0.5, 0.6) is 0 Å². The predicted molar refractivity (Wildman–Crippen MR) is 84.8 cm³/mol. The highest BCUT2D eigenvalue weighted by molar-refractivity contribution is 6.05. The van der Waals surface area contributed by atoms with Gasteiger partial charge in [0.15, 0.2) is 0 Å². The number of hydrogen-bond donors (Lipinski definition) is 1. The summed E-state index contributed by atoms with van der Waals surface area (Å²) < 4.78 is 0. The maximum atomic E-state index is 12.7. The number of nitrogens with one attached hydrogen (secondary N) is 1. The van der Waals surface area contributed by atoms with E-state index in [1.165, 1.54) is 11.3 Å². The van der Waals surface area contributed by atoms with Crippen molar-refractivity contribution in [3.63, 3.8) is 0 Å². The number of rotatable bonds is 2. The van der Waals surface area contributed by atoms with Crippen molar-refractivity contribution in [2.75, 3.05) is 19.6 Å². The van der Waals surface area contributed by atoms with Gasteiger partial charge in [-0.3, -0.25) is 9.69 Å². The lowest BCUT2D eigenvalue weighted by Crippen LogP contribution is -2.57. The zero-order valence-corrected chi connectivity index (χ0v) is 14.0. The van der Waals surface area contributed by atoms with Crippen molar-refractivity contribution >= 4 is 18.0 Å². The summed E-state index contributed by atoms with van der Waals surface area (Å²) in [6.07, 6.45) is 5.17. The van der Waals surface area contributed by atoms with Crippen LogP contribution in [-0.2, 0) is 4.79 Å². The molecule has 1 N–H and O–H groups in total. The van der Waals surface area contributed by atoms with Crippen molar-refractivity contribution in [2.24, 2.45) is 0 Å². The van der Waals surface area contributed by atoms with Crippen LogP contribution >= 0.6 is 0 Å². The molecule has 2 saturated heterocycles. The molecule has 0 aromatic rings. The Bertz CT molecular complexity index is 502. The molecule has 2 heterocycles. The van der Waals surface area contributed by atoms with Gasteiger partial charge in [0, 0.05) is 25.2 Å². The molecule has 2 aliphatic heterocycles. The number of carbonyl (C=O) groups excluding carboxylic acids is 3. The Hall–Kier alpha value is -1.79. The SMILES string of the molecule is CC(C)NC(=O)N1CCN2C(=O)N(C3CCCCC3)C(=O)[C@H]2C1. The summed E-state index contributed by atoms with van der Waals surface area (Å²) in [7, 11) is 0. The van der Waals surface area contributed by atoms with Gasteiger partial charge in [0.25, 0.3) is 5.91 Å². The van der Waals surface area contributed by atoms with E-state index in [0.717, 1.165) is 25.7 Å². The van der Waals surface area contributed by atoms with E-state index in [9.17, 15) is 14.4 Å². The molecule has 23 heavy (non-hydrogen) atoms. The fraction of sp³-hybridized carbons (Fsp3) is 0.812. The molecule has 0 aromatic carbocycles. The number of nitrogens with zero attached hydrogens (tertiary/aromatic N) is 3. The lowest BCUT2D eigenvalue weighted by atomic mass is 9.94. The predicted octanol–water partition coefficient (Wildman–Crippen LogP) is 1.39. The van der Waals surface area contributed by atoms with Crippen LogP contribution in [-0.4, -0.2) is 70.4 Å².